The van der Waals surface area contributed by atoms with Crippen molar-refractivity contribution in [2.24, 2.45) is 0 Å². The zero-order chi connectivity index (χ0) is 22.2. The van der Waals surface area contributed by atoms with Crippen LogP contribution in [0.5, 0.6) is 0 Å². The van der Waals surface area contributed by atoms with Gasteiger partial charge in [0.1, 0.15) is 0 Å². The number of esters is 1. The Labute approximate surface area is 185 Å². The van der Waals surface area contributed by atoms with E-state index in [9.17, 15) is 9.59 Å². The van der Waals surface area contributed by atoms with Crippen molar-refractivity contribution in [3.63, 3.8) is 0 Å². The number of aryl methyl sites for hydroxylation is 1. The summed E-state index contributed by atoms with van der Waals surface area (Å²) in [6.07, 6.45) is 0. The first kappa shape index (κ1) is 22.6. The van der Waals surface area contributed by atoms with E-state index in [4.69, 9.17) is 9.26 Å². The summed E-state index contributed by atoms with van der Waals surface area (Å²) in [7, 11) is 0. The number of thioether (sulfide) groups is 1. The molecule has 0 saturated carbocycles. The molecule has 0 bridgehead atoms. The summed E-state index contributed by atoms with van der Waals surface area (Å²) < 4.78 is 10.5. The second-order valence-corrected chi connectivity index (χ2v) is 8.21. The van der Waals surface area contributed by atoms with Crippen molar-refractivity contribution in [2.45, 2.75) is 44.0 Å². The van der Waals surface area contributed by atoms with Crippen LogP contribution in [0.1, 0.15) is 41.5 Å². The van der Waals surface area contributed by atoms with Crippen molar-refractivity contribution in [3.05, 3.63) is 77.4 Å². The van der Waals surface area contributed by atoms with E-state index in [2.05, 4.69) is 10.1 Å². The van der Waals surface area contributed by atoms with Crippen molar-refractivity contribution in [1.29, 1.82) is 0 Å². The van der Waals surface area contributed by atoms with Crippen LogP contribution >= 0.6 is 11.8 Å². The Balaban J connectivity index is 1.61. The third-order valence-corrected chi connectivity index (χ3v) is 5.55. The molecule has 0 aliphatic rings. The van der Waals surface area contributed by atoms with Crippen molar-refractivity contribution in [2.75, 3.05) is 6.61 Å². The Morgan fingerprint density at radius 2 is 1.81 bits per heavy atom. The number of hydrogen-bond acceptors (Lipinski definition) is 7. The van der Waals surface area contributed by atoms with Gasteiger partial charge in [-0.05, 0) is 38.5 Å². The molecule has 7 nitrogen and oxygen atoms in total. The minimum atomic E-state index is -0.540. The summed E-state index contributed by atoms with van der Waals surface area (Å²) >= 11 is 1.40. The van der Waals surface area contributed by atoms with Crippen LogP contribution < -0.4 is 0 Å². The lowest BCUT2D eigenvalue weighted by atomic mass is 10.2. The molecule has 0 radical (unpaired) electrons. The molecule has 3 aromatic rings. The van der Waals surface area contributed by atoms with E-state index in [0.29, 0.717) is 29.6 Å². The van der Waals surface area contributed by atoms with E-state index in [1.807, 2.05) is 56.3 Å². The molecule has 0 aliphatic carbocycles. The molecule has 1 amide bonds. The quantitative estimate of drug-likeness (QED) is 0.364. The SMILES string of the molecule is Cc1noc(CSc2ccccc2C(=O)OCC(=O)N(Cc2ccccc2)C(C)C)n1. The van der Waals surface area contributed by atoms with Gasteiger partial charge >= 0.3 is 5.97 Å². The first-order chi connectivity index (χ1) is 14.9. The first-order valence-electron chi connectivity index (χ1n) is 9.95. The van der Waals surface area contributed by atoms with E-state index in [0.717, 1.165) is 10.5 Å². The molecule has 0 fully saturated rings. The number of benzene rings is 2. The smallest absolute Gasteiger partial charge is 0.339 e. The highest BCUT2D eigenvalue weighted by Crippen LogP contribution is 2.26. The zero-order valence-electron chi connectivity index (χ0n) is 17.8. The summed E-state index contributed by atoms with van der Waals surface area (Å²) in [4.78, 5) is 32.0. The molecule has 2 aromatic carbocycles. The maximum Gasteiger partial charge on any atom is 0.339 e. The van der Waals surface area contributed by atoms with E-state index < -0.39 is 5.97 Å². The summed E-state index contributed by atoms with van der Waals surface area (Å²) in [5.74, 6) is 0.698. The molecule has 0 N–H and O–H groups in total. The van der Waals surface area contributed by atoms with Crippen molar-refractivity contribution < 1.29 is 18.8 Å². The monoisotopic (exact) mass is 439 g/mol. The Morgan fingerprint density at radius 3 is 2.48 bits per heavy atom. The van der Waals surface area contributed by atoms with Crippen LogP contribution in [0.4, 0.5) is 0 Å². The zero-order valence-corrected chi connectivity index (χ0v) is 18.6. The second-order valence-electron chi connectivity index (χ2n) is 7.20. The summed E-state index contributed by atoms with van der Waals surface area (Å²) in [6, 6.07) is 16.8. The van der Waals surface area contributed by atoms with E-state index in [1.54, 1.807) is 24.0 Å². The van der Waals surface area contributed by atoms with Crippen LogP contribution in [0.15, 0.2) is 64.0 Å². The van der Waals surface area contributed by atoms with Gasteiger partial charge in [-0.2, -0.15) is 4.98 Å². The molecule has 8 heteroatoms. The predicted molar refractivity (Wildman–Crippen MR) is 117 cm³/mol. The fourth-order valence-electron chi connectivity index (χ4n) is 2.93. The highest BCUT2D eigenvalue weighted by molar-refractivity contribution is 7.98. The van der Waals surface area contributed by atoms with Crippen LogP contribution in [0, 0.1) is 6.92 Å². The van der Waals surface area contributed by atoms with Crippen LogP contribution in [-0.2, 0) is 21.8 Å². The third kappa shape index (κ3) is 6.42. The van der Waals surface area contributed by atoms with Gasteiger partial charge in [0, 0.05) is 17.5 Å². The summed E-state index contributed by atoms with van der Waals surface area (Å²) in [5.41, 5.74) is 1.42. The number of ether oxygens (including phenoxy) is 1. The molecule has 3 rings (SSSR count). The Hall–Kier alpha value is -3.13. The van der Waals surface area contributed by atoms with Gasteiger partial charge in [-0.1, -0.05) is 47.6 Å². The molecule has 162 valence electrons. The molecule has 0 aliphatic heterocycles. The van der Waals surface area contributed by atoms with Crippen molar-refractivity contribution >= 4 is 23.6 Å². The van der Waals surface area contributed by atoms with Crippen LogP contribution in [0.3, 0.4) is 0 Å². The molecular formula is C23H25N3O4S. The normalized spacial score (nSPS) is 10.8. The van der Waals surface area contributed by atoms with E-state index in [1.165, 1.54) is 11.8 Å². The molecular weight excluding hydrogens is 414 g/mol. The number of rotatable bonds is 9. The van der Waals surface area contributed by atoms with E-state index >= 15 is 0 Å². The molecule has 0 spiro atoms. The molecule has 1 aromatic heterocycles. The number of aromatic nitrogens is 2. The number of hydrogen-bond donors (Lipinski definition) is 0. The minimum Gasteiger partial charge on any atom is -0.452 e. The maximum atomic E-state index is 12.7. The molecule has 0 atom stereocenters. The average molecular weight is 440 g/mol. The lowest BCUT2D eigenvalue weighted by Gasteiger charge is -2.26. The number of nitrogens with zero attached hydrogens (tertiary/aromatic N) is 3. The van der Waals surface area contributed by atoms with Crippen LogP contribution in [0.2, 0.25) is 0 Å². The van der Waals surface area contributed by atoms with Gasteiger partial charge in [0.15, 0.2) is 12.4 Å². The van der Waals surface area contributed by atoms with Crippen LogP contribution in [0.25, 0.3) is 0 Å². The van der Waals surface area contributed by atoms with Gasteiger partial charge in [-0.15, -0.1) is 11.8 Å². The average Bonchev–Trinajstić information content (AvgIpc) is 3.20. The van der Waals surface area contributed by atoms with Crippen molar-refractivity contribution in [1.82, 2.24) is 15.0 Å². The Morgan fingerprint density at radius 1 is 1.10 bits per heavy atom. The van der Waals surface area contributed by atoms with Gasteiger partial charge in [0.25, 0.3) is 5.91 Å². The molecule has 0 saturated heterocycles. The van der Waals surface area contributed by atoms with Gasteiger partial charge < -0.3 is 14.2 Å². The largest absolute Gasteiger partial charge is 0.452 e. The lowest BCUT2D eigenvalue weighted by Crippen LogP contribution is -2.39. The van der Waals surface area contributed by atoms with E-state index in [-0.39, 0.29) is 18.6 Å². The predicted octanol–water partition coefficient (Wildman–Crippen LogP) is 4.26. The van der Waals surface area contributed by atoms with Crippen molar-refractivity contribution in [3.8, 4) is 0 Å². The first-order valence-corrected chi connectivity index (χ1v) is 10.9. The standard InChI is InChI=1S/C23H25N3O4S/c1-16(2)26(13-18-9-5-4-6-10-18)22(27)14-29-23(28)19-11-7-8-12-20(19)31-15-21-24-17(3)25-30-21/h4-12,16H,13-15H2,1-3H3. The maximum absolute atomic E-state index is 12.7. The van der Waals surface area contributed by atoms with Gasteiger partial charge in [0.2, 0.25) is 5.89 Å². The fourth-order valence-corrected chi connectivity index (χ4v) is 3.80. The van der Waals surface area contributed by atoms with Gasteiger partial charge in [0.05, 0.1) is 11.3 Å². The fraction of sp³-hybridized carbons (Fsp3) is 0.304. The highest BCUT2D eigenvalue weighted by Gasteiger charge is 2.21. The second kappa shape index (κ2) is 10.8. The Bertz CT molecular complexity index is 1020. The summed E-state index contributed by atoms with van der Waals surface area (Å²) in [6.45, 7) is 5.77. The third-order valence-electron chi connectivity index (χ3n) is 4.49. The van der Waals surface area contributed by atoms with Gasteiger partial charge in [-0.25, -0.2) is 4.79 Å². The topological polar surface area (TPSA) is 85.5 Å². The number of carbonyl (C=O) groups excluding carboxylic acids is 2. The van der Waals surface area contributed by atoms with Crippen LogP contribution in [-0.4, -0.2) is 39.6 Å². The number of carbonyl (C=O) groups is 2. The van der Waals surface area contributed by atoms with Gasteiger partial charge in [-0.3, -0.25) is 4.79 Å². The highest BCUT2D eigenvalue weighted by atomic mass is 32.2. The molecule has 31 heavy (non-hydrogen) atoms. The lowest BCUT2D eigenvalue weighted by molar-refractivity contribution is -0.136. The minimum absolute atomic E-state index is 0.0212. The number of amides is 1. The summed E-state index contributed by atoms with van der Waals surface area (Å²) in [5, 5.41) is 3.76. The molecule has 0 unspecified atom stereocenters. The molecule has 1 heterocycles. The Kier molecular flexibility index (Phi) is 7.83.